The van der Waals surface area contributed by atoms with E-state index < -0.39 is 28.5 Å². The van der Waals surface area contributed by atoms with Crippen LogP contribution in [0.4, 0.5) is 0 Å². The van der Waals surface area contributed by atoms with Crippen LogP contribution in [0.25, 0.3) is 5.57 Å². The van der Waals surface area contributed by atoms with E-state index in [2.05, 4.69) is 0 Å². The molecule has 0 radical (unpaired) electrons. The van der Waals surface area contributed by atoms with Gasteiger partial charge in [-0.3, -0.25) is 14.4 Å². The number of rotatable bonds is 2. The van der Waals surface area contributed by atoms with E-state index in [0.29, 0.717) is 5.76 Å². The fourth-order valence-corrected chi connectivity index (χ4v) is 3.01. The summed E-state index contributed by atoms with van der Waals surface area (Å²) < 4.78 is 5.64. The number of hydrogen-bond donors (Lipinski definition) is 2. The van der Waals surface area contributed by atoms with Crippen LogP contribution in [0, 0.1) is 0 Å². The molecule has 1 heterocycles. The Balaban J connectivity index is 2.09. The molecule has 0 unspecified atom stereocenters. The van der Waals surface area contributed by atoms with Gasteiger partial charge in [-0.2, -0.15) is 0 Å². The summed E-state index contributed by atoms with van der Waals surface area (Å²) in [5, 5.41) is 19.8. The number of aliphatic hydroxyl groups excluding tert-OH is 1. The lowest BCUT2D eigenvalue weighted by atomic mass is 9.87. The van der Waals surface area contributed by atoms with E-state index in [4.69, 9.17) is 4.42 Å². The van der Waals surface area contributed by atoms with Crippen molar-refractivity contribution in [2.45, 2.75) is 38.0 Å². The van der Waals surface area contributed by atoms with Crippen molar-refractivity contribution in [2.24, 2.45) is 0 Å². The number of ketones is 2. The first kappa shape index (κ1) is 15.3. The van der Waals surface area contributed by atoms with Gasteiger partial charge in [0.2, 0.25) is 22.7 Å². The standard InChI is InChI=1S/C17H16O6/c18-11-7-13(20)12(19)6-10(11)17-16(22)14(21)8-15(23-17)9-4-2-1-3-5-9/h6-9,18,22H,1-5H2. The van der Waals surface area contributed by atoms with Crippen LogP contribution in [0.2, 0.25) is 0 Å². The Morgan fingerprint density at radius 2 is 1.61 bits per heavy atom. The van der Waals surface area contributed by atoms with Crippen molar-refractivity contribution in [1.29, 1.82) is 0 Å². The largest absolute Gasteiger partial charge is 0.507 e. The van der Waals surface area contributed by atoms with Gasteiger partial charge in [-0.15, -0.1) is 0 Å². The van der Waals surface area contributed by atoms with Gasteiger partial charge in [0.1, 0.15) is 11.5 Å². The highest BCUT2D eigenvalue weighted by Crippen LogP contribution is 2.36. The van der Waals surface area contributed by atoms with Crippen LogP contribution < -0.4 is 5.43 Å². The molecule has 0 atom stereocenters. The Kier molecular flexibility index (Phi) is 3.90. The first-order valence-electron chi connectivity index (χ1n) is 7.56. The van der Waals surface area contributed by atoms with Crippen LogP contribution >= 0.6 is 0 Å². The molecule has 2 aliphatic carbocycles. The first-order chi connectivity index (χ1) is 11.0. The molecule has 23 heavy (non-hydrogen) atoms. The fraction of sp³-hybridized carbons (Fsp3) is 0.353. The molecule has 6 heteroatoms. The first-order valence-corrected chi connectivity index (χ1v) is 7.56. The number of carbonyl (C=O) groups excluding carboxylic acids is 2. The molecule has 1 aromatic heterocycles. The Hall–Kier alpha value is -2.63. The maximum atomic E-state index is 12.0. The van der Waals surface area contributed by atoms with Crippen molar-refractivity contribution in [2.75, 3.05) is 0 Å². The lowest BCUT2D eigenvalue weighted by molar-refractivity contribution is -0.131. The molecule has 1 aromatic rings. The van der Waals surface area contributed by atoms with Crippen LogP contribution in [0.5, 0.6) is 5.75 Å². The molecule has 3 rings (SSSR count). The number of allylic oxidation sites excluding steroid dienone is 3. The lowest BCUT2D eigenvalue weighted by Gasteiger charge is -2.21. The predicted octanol–water partition coefficient (Wildman–Crippen LogP) is 2.37. The number of aromatic hydroxyl groups is 1. The minimum atomic E-state index is -0.864. The topological polar surface area (TPSA) is 105 Å². The zero-order valence-electron chi connectivity index (χ0n) is 12.4. The smallest absolute Gasteiger partial charge is 0.229 e. The zero-order chi connectivity index (χ0) is 16.6. The second-order valence-electron chi connectivity index (χ2n) is 5.84. The molecule has 120 valence electrons. The molecule has 0 bridgehead atoms. The summed E-state index contributed by atoms with van der Waals surface area (Å²) in [6.07, 6.45) is 6.59. The van der Waals surface area contributed by atoms with Crippen molar-refractivity contribution >= 4 is 17.1 Å². The van der Waals surface area contributed by atoms with Gasteiger partial charge in [0.25, 0.3) is 0 Å². The molecule has 0 amide bonds. The third kappa shape index (κ3) is 2.84. The second kappa shape index (κ2) is 5.87. The SMILES string of the molecule is O=C1C=C(O)C(c2oc(C3CCCCC3)cc(=O)c2O)=CC1=O. The van der Waals surface area contributed by atoms with Crippen LogP contribution in [-0.4, -0.2) is 21.8 Å². The molecular weight excluding hydrogens is 300 g/mol. The molecule has 2 aliphatic rings. The highest BCUT2D eigenvalue weighted by Gasteiger charge is 2.27. The van der Waals surface area contributed by atoms with Gasteiger partial charge in [0.15, 0.2) is 5.76 Å². The molecule has 0 saturated heterocycles. The molecule has 2 N–H and O–H groups in total. The number of hydrogen-bond acceptors (Lipinski definition) is 6. The highest BCUT2D eigenvalue weighted by molar-refractivity contribution is 6.48. The fourth-order valence-electron chi connectivity index (χ4n) is 3.01. The number of aliphatic hydroxyl groups is 1. The normalized spacial score (nSPS) is 19.5. The van der Waals surface area contributed by atoms with Crippen molar-refractivity contribution in [1.82, 2.24) is 0 Å². The van der Waals surface area contributed by atoms with E-state index in [1.807, 2.05) is 0 Å². The van der Waals surface area contributed by atoms with Gasteiger partial charge in [-0.25, -0.2) is 0 Å². The maximum Gasteiger partial charge on any atom is 0.229 e. The Morgan fingerprint density at radius 3 is 2.30 bits per heavy atom. The Bertz CT molecular complexity index is 790. The quantitative estimate of drug-likeness (QED) is 0.641. The van der Waals surface area contributed by atoms with Gasteiger partial charge >= 0.3 is 0 Å². The van der Waals surface area contributed by atoms with Gasteiger partial charge in [0, 0.05) is 24.1 Å². The summed E-state index contributed by atoms with van der Waals surface area (Å²) in [6.45, 7) is 0. The molecule has 1 saturated carbocycles. The van der Waals surface area contributed by atoms with Gasteiger partial charge in [-0.1, -0.05) is 19.3 Å². The van der Waals surface area contributed by atoms with E-state index in [1.165, 1.54) is 6.07 Å². The summed E-state index contributed by atoms with van der Waals surface area (Å²) in [4.78, 5) is 34.8. The molecule has 1 fully saturated rings. The average Bonchev–Trinajstić information content (AvgIpc) is 2.54. The zero-order valence-corrected chi connectivity index (χ0v) is 12.4. The van der Waals surface area contributed by atoms with Crippen LogP contribution in [0.15, 0.2) is 33.2 Å². The van der Waals surface area contributed by atoms with E-state index in [-0.39, 0.29) is 17.3 Å². The van der Waals surface area contributed by atoms with Gasteiger partial charge in [-0.05, 0) is 12.8 Å². The third-order valence-corrected chi connectivity index (χ3v) is 4.26. The van der Waals surface area contributed by atoms with E-state index >= 15 is 0 Å². The van der Waals surface area contributed by atoms with Crippen molar-refractivity contribution < 1.29 is 24.2 Å². The van der Waals surface area contributed by atoms with E-state index in [1.54, 1.807) is 0 Å². The van der Waals surface area contributed by atoms with Crippen molar-refractivity contribution in [3.8, 4) is 5.75 Å². The van der Waals surface area contributed by atoms with Gasteiger partial charge in [0.05, 0.1) is 5.57 Å². The summed E-state index contributed by atoms with van der Waals surface area (Å²) in [5.41, 5.74) is -0.785. The third-order valence-electron chi connectivity index (χ3n) is 4.26. The maximum absolute atomic E-state index is 12.0. The molecule has 6 nitrogen and oxygen atoms in total. The second-order valence-corrected chi connectivity index (χ2v) is 5.84. The Labute approximate surface area is 131 Å². The van der Waals surface area contributed by atoms with Crippen molar-refractivity contribution in [3.05, 3.63) is 45.7 Å². The Morgan fingerprint density at radius 1 is 0.957 bits per heavy atom. The highest BCUT2D eigenvalue weighted by atomic mass is 16.4. The minimum Gasteiger partial charge on any atom is -0.507 e. The van der Waals surface area contributed by atoms with Crippen LogP contribution in [-0.2, 0) is 9.59 Å². The van der Waals surface area contributed by atoms with Crippen molar-refractivity contribution in [3.63, 3.8) is 0 Å². The molecule has 0 aliphatic heterocycles. The average molecular weight is 316 g/mol. The summed E-state index contributed by atoms with van der Waals surface area (Å²) in [6, 6.07) is 1.26. The van der Waals surface area contributed by atoms with E-state index in [0.717, 1.165) is 44.3 Å². The van der Waals surface area contributed by atoms with E-state index in [9.17, 15) is 24.6 Å². The summed E-state index contributed by atoms with van der Waals surface area (Å²) in [5.74, 6) is -2.66. The summed E-state index contributed by atoms with van der Waals surface area (Å²) in [7, 11) is 0. The monoisotopic (exact) mass is 316 g/mol. The minimum absolute atomic E-state index is 0.0726. The lowest BCUT2D eigenvalue weighted by Crippen LogP contribution is -2.16. The molecule has 0 aromatic carbocycles. The van der Waals surface area contributed by atoms with Crippen LogP contribution in [0.3, 0.4) is 0 Å². The van der Waals surface area contributed by atoms with Crippen LogP contribution in [0.1, 0.15) is 49.5 Å². The number of carbonyl (C=O) groups is 2. The predicted molar refractivity (Wildman–Crippen MR) is 81.2 cm³/mol. The van der Waals surface area contributed by atoms with Gasteiger partial charge < -0.3 is 14.6 Å². The summed E-state index contributed by atoms with van der Waals surface area (Å²) >= 11 is 0. The molecule has 0 spiro atoms. The molecular formula is C17H16O6.